The molecule has 1 aromatic rings. The monoisotopic (exact) mass is 253 g/mol. The SMILES string of the molecule is COc1ccc([SH](=O)=O)cc1NC(C)=O.[NaH]. The minimum absolute atomic E-state index is 0. The molecule has 1 rings (SSSR count). The van der Waals surface area contributed by atoms with Crippen LogP contribution >= 0.6 is 0 Å². The van der Waals surface area contributed by atoms with Gasteiger partial charge in [0.05, 0.1) is 17.7 Å². The number of hydrogen-bond donors (Lipinski definition) is 2. The van der Waals surface area contributed by atoms with E-state index in [2.05, 4.69) is 5.32 Å². The number of amides is 1. The van der Waals surface area contributed by atoms with Gasteiger partial charge in [-0.25, -0.2) is 8.42 Å². The maximum absolute atomic E-state index is 10.8. The number of rotatable bonds is 3. The number of hydrogen-bond acceptors (Lipinski definition) is 4. The van der Waals surface area contributed by atoms with Crippen LogP contribution in [0.2, 0.25) is 0 Å². The van der Waals surface area contributed by atoms with Crippen molar-refractivity contribution in [1.29, 1.82) is 0 Å². The Labute approximate surface area is 117 Å². The molecule has 0 aromatic heterocycles. The summed E-state index contributed by atoms with van der Waals surface area (Å²) in [5.41, 5.74) is 0.349. The molecule has 0 aliphatic heterocycles. The Morgan fingerprint density at radius 3 is 2.44 bits per heavy atom. The summed E-state index contributed by atoms with van der Waals surface area (Å²) >= 11 is 0. The summed E-state index contributed by atoms with van der Waals surface area (Å²) in [6.45, 7) is 1.34. The predicted octanol–water partition coefficient (Wildman–Crippen LogP) is -0.0246. The standard InChI is InChI=1S/C9H11NO4S.Na.H/c1-6(11)10-8-5-7(15(12)13)3-4-9(8)14-2;;/h3-5,15H,1-2H3,(H,10,11);;. The molecule has 0 heterocycles. The van der Waals surface area contributed by atoms with Gasteiger partial charge < -0.3 is 10.1 Å². The molecule has 0 spiro atoms. The van der Waals surface area contributed by atoms with Gasteiger partial charge in [-0.3, -0.25) is 4.79 Å². The van der Waals surface area contributed by atoms with Crippen LogP contribution in [0.3, 0.4) is 0 Å². The van der Waals surface area contributed by atoms with Gasteiger partial charge in [-0.15, -0.1) is 0 Å². The molecule has 0 unspecified atom stereocenters. The molecule has 0 fully saturated rings. The van der Waals surface area contributed by atoms with Gasteiger partial charge in [0.1, 0.15) is 5.75 Å². The molecule has 0 aliphatic carbocycles. The summed E-state index contributed by atoms with van der Waals surface area (Å²) in [4.78, 5) is 11.0. The molecular formula is C9H12NNaO4S. The Morgan fingerprint density at radius 1 is 1.38 bits per heavy atom. The number of anilines is 1. The second-order valence-corrected chi connectivity index (χ2v) is 3.85. The zero-order valence-corrected chi connectivity index (χ0v) is 9.21. The third-order valence-corrected chi connectivity index (χ3v) is 2.40. The van der Waals surface area contributed by atoms with Gasteiger partial charge in [0, 0.05) is 6.92 Å². The average Bonchev–Trinajstić information content (AvgIpc) is 2.16. The number of carbonyl (C=O) groups excluding carboxylic acids is 1. The topological polar surface area (TPSA) is 72.5 Å². The van der Waals surface area contributed by atoms with Crippen LogP contribution in [-0.2, 0) is 15.5 Å². The van der Waals surface area contributed by atoms with Crippen molar-refractivity contribution in [2.45, 2.75) is 11.8 Å². The van der Waals surface area contributed by atoms with Crippen LogP contribution < -0.4 is 10.1 Å². The Hall–Kier alpha value is -0.560. The average molecular weight is 253 g/mol. The van der Waals surface area contributed by atoms with E-state index in [-0.39, 0.29) is 40.4 Å². The van der Waals surface area contributed by atoms with Gasteiger partial charge in [-0.05, 0) is 18.2 Å². The van der Waals surface area contributed by atoms with E-state index in [1.165, 1.54) is 32.2 Å². The second-order valence-electron chi connectivity index (χ2n) is 2.82. The molecule has 1 amide bonds. The second kappa shape index (κ2) is 6.90. The van der Waals surface area contributed by atoms with E-state index in [1.54, 1.807) is 0 Å². The van der Waals surface area contributed by atoms with E-state index in [9.17, 15) is 13.2 Å². The molecule has 0 bridgehead atoms. The third-order valence-electron chi connectivity index (χ3n) is 1.70. The molecule has 5 nitrogen and oxygen atoms in total. The van der Waals surface area contributed by atoms with Crippen LogP contribution in [0.15, 0.2) is 23.1 Å². The molecule has 84 valence electrons. The predicted molar refractivity (Wildman–Crippen MR) is 63.0 cm³/mol. The van der Waals surface area contributed by atoms with Crippen molar-refractivity contribution < 1.29 is 17.9 Å². The Morgan fingerprint density at radius 2 is 2.00 bits per heavy atom. The molecular weight excluding hydrogens is 241 g/mol. The van der Waals surface area contributed by atoms with Crippen molar-refractivity contribution in [3.63, 3.8) is 0 Å². The molecule has 0 atom stereocenters. The van der Waals surface area contributed by atoms with Crippen LogP contribution in [0, 0.1) is 0 Å². The molecule has 0 saturated heterocycles. The van der Waals surface area contributed by atoms with E-state index >= 15 is 0 Å². The molecule has 0 saturated carbocycles. The Kier molecular flexibility index (Phi) is 6.66. The molecule has 0 aliphatic rings. The first-order valence-corrected chi connectivity index (χ1v) is 5.32. The van der Waals surface area contributed by atoms with E-state index in [0.717, 1.165) is 0 Å². The van der Waals surface area contributed by atoms with Crippen molar-refractivity contribution in [1.82, 2.24) is 0 Å². The fourth-order valence-corrected chi connectivity index (χ4v) is 1.53. The Balaban J connectivity index is 0.00000225. The number of thiol groups is 1. The van der Waals surface area contributed by atoms with Gasteiger partial charge in [0.15, 0.2) is 10.7 Å². The first kappa shape index (κ1) is 15.4. The number of nitrogens with one attached hydrogen (secondary N) is 1. The van der Waals surface area contributed by atoms with Crippen molar-refractivity contribution in [3.05, 3.63) is 18.2 Å². The van der Waals surface area contributed by atoms with Crippen LogP contribution in [0.1, 0.15) is 6.92 Å². The molecule has 7 heteroatoms. The molecule has 1 N–H and O–H groups in total. The van der Waals surface area contributed by atoms with Gasteiger partial charge in [-0.2, -0.15) is 0 Å². The van der Waals surface area contributed by atoms with Crippen LogP contribution in [0.25, 0.3) is 0 Å². The van der Waals surface area contributed by atoms with Crippen molar-refractivity contribution in [2.24, 2.45) is 0 Å². The van der Waals surface area contributed by atoms with Crippen LogP contribution in [0.4, 0.5) is 5.69 Å². The molecule has 1 aromatic carbocycles. The van der Waals surface area contributed by atoms with Crippen LogP contribution in [-0.4, -0.2) is 51.0 Å². The normalized spacial score (nSPS) is 9.44. The summed E-state index contributed by atoms with van der Waals surface area (Å²) in [5, 5.41) is 2.49. The summed E-state index contributed by atoms with van der Waals surface area (Å²) in [6.07, 6.45) is 0. The number of ether oxygens (including phenoxy) is 1. The summed E-state index contributed by atoms with van der Waals surface area (Å²) in [6, 6.07) is 4.26. The number of methoxy groups -OCH3 is 1. The minimum atomic E-state index is -2.66. The van der Waals surface area contributed by atoms with E-state index in [4.69, 9.17) is 4.74 Å². The van der Waals surface area contributed by atoms with Gasteiger partial charge in [-0.1, -0.05) is 0 Å². The summed E-state index contributed by atoms with van der Waals surface area (Å²) in [5.74, 6) is 0.136. The number of carbonyl (C=O) groups is 1. The Bertz CT molecular complexity index is 451. The third kappa shape index (κ3) is 4.13. The van der Waals surface area contributed by atoms with Crippen molar-refractivity contribution in [2.75, 3.05) is 12.4 Å². The zero-order chi connectivity index (χ0) is 11.4. The first-order valence-electron chi connectivity index (χ1n) is 4.14. The van der Waals surface area contributed by atoms with Crippen molar-refractivity contribution in [3.8, 4) is 5.75 Å². The fraction of sp³-hybridized carbons (Fsp3) is 0.222. The van der Waals surface area contributed by atoms with Gasteiger partial charge in [0.2, 0.25) is 5.91 Å². The quantitative estimate of drug-likeness (QED) is 0.586. The van der Waals surface area contributed by atoms with Gasteiger partial charge in [0.25, 0.3) is 0 Å². The summed E-state index contributed by atoms with van der Waals surface area (Å²) < 4.78 is 26.4. The first-order chi connectivity index (χ1) is 7.04. The maximum atomic E-state index is 10.8. The van der Waals surface area contributed by atoms with E-state index < -0.39 is 10.7 Å². The number of benzene rings is 1. The van der Waals surface area contributed by atoms with Crippen LogP contribution in [0.5, 0.6) is 5.75 Å². The summed E-state index contributed by atoms with van der Waals surface area (Å²) in [7, 11) is -1.22. The van der Waals surface area contributed by atoms with Crippen molar-refractivity contribution >= 4 is 51.9 Å². The van der Waals surface area contributed by atoms with Gasteiger partial charge >= 0.3 is 29.6 Å². The van der Waals surface area contributed by atoms with E-state index in [0.29, 0.717) is 11.4 Å². The fourth-order valence-electron chi connectivity index (χ4n) is 1.10. The zero-order valence-electron chi connectivity index (χ0n) is 8.31. The van der Waals surface area contributed by atoms with E-state index in [1.807, 2.05) is 0 Å². The molecule has 0 radical (unpaired) electrons. The molecule has 16 heavy (non-hydrogen) atoms.